The van der Waals surface area contributed by atoms with Crippen molar-refractivity contribution >= 4 is 16.8 Å². The van der Waals surface area contributed by atoms with Crippen LogP contribution in [0.3, 0.4) is 0 Å². The lowest BCUT2D eigenvalue weighted by molar-refractivity contribution is 0.0936. The van der Waals surface area contributed by atoms with Crippen LogP contribution in [0.25, 0.3) is 10.9 Å². The number of likely N-dealkylation sites (tertiary alicyclic amines) is 1. The normalized spacial score (nSPS) is 15.2. The van der Waals surface area contributed by atoms with E-state index in [4.69, 9.17) is 4.74 Å². The molecule has 1 N–H and O–H groups in total. The SMILES string of the molecule is CCOc1ccc(CN2CCC(CNC(=O)c3cccc4cccnc34)CC2)cn1. The van der Waals surface area contributed by atoms with Gasteiger partial charge >= 0.3 is 0 Å². The molecular weight excluding hydrogens is 376 g/mol. The molecule has 1 saturated heterocycles. The van der Waals surface area contributed by atoms with Crippen LogP contribution in [0.1, 0.15) is 35.7 Å². The molecule has 6 nitrogen and oxygen atoms in total. The highest BCUT2D eigenvalue weighted by atomic mass is 16.5. The van der Waals surface area contributed by atoms with Gasteiger partial charge in [-0.15, -0.1) is 0 Å². The predicted octanol–water partition coefficient (Wildman–Crippen LogP) is 3.67. The number of carbonyl (C=O) groups excluding carboxylic acids is 1. The van der Waals surface area contributed by atoms with E-state index in [1.54, 1.807) is 6.20 Å². The van der Waals surface area contributed by atoms with Gasteiger partial charge in [-0.05, 0) is 56.5 Å². The third-order valence-corrected chi connectivity index (χ3v) is 5.63. The number of hydrogen-bond donors (Lipinski definition) is 1. The minimum Gasteiger partial charge on any atom is -0.478 e. The van der Waals surface area contributed by atoms with E-state index in [0.717, 1.165) is 43.4 Å². The Morgan fingerprint density at radius 3 is 2.73 bits per heavy atom. The van der Waals surface area contributed by atoms with Crippen molar-refractivity contribution < 1.29 is 9.53 Å². The van der Waals surface area contributed by atoms with Crippen LogP contribution in [0.15, 0.2) is 54.9 Å². The summed E-state index contributed by atoms with van der Waals surface area (Å²) in [5, 5.41) is 4.11. The Hall–Kier alpha value is -2.99. The van der Waals surface area contributed by atoms with Gasteiger partial charge in [-0.2, -0.15) is 0 Å². The molecule has 1 aliphatic rings. The van der Waals surface area contributed by atoms with Crippen molar-refractivity contribution in [2.24, 2.45) is 5.92 Å². The smallest absolute Gasteiger partial charge is 0.253 e. The standard InChI is InChI=1S/C24H28N4O2/c1-2-30-22-9-8-19(16-26-22)17-28-13-10-18(11-14-28)15-27-24(29)21-7-3-5-20-6-4-12-25-23(20)21/h3-9,12,16,18H,2,10-11,13-15,17H2,1H3,(H,27,29). The predicted molar refractivity (Wildman–Crippen MR) is 117 cm³/mol. The van der Waals surface area contributed by atoms with E-state index in [9.17, 15) is 4.79 Å². The molecule has 156 valence electrons. The van der Waals surface area contributed by atoms with Crippen LogP contribution in [0.5, 0.6) is 5.88 Å². The number of carbonyl (C=O) groups is 1. The highest BCUT2D eigenvalue weighted by Gasteiger charge is 2.20. The van der Waals surface area contributed by atoms with Gasteiger partial charge in [0.05, 0.1) is 17.7 Å². The van der Waals surface area contributed by atoms with Crippen LogP contribution in [-0.4, -0.2) is 47.0 Å². The summed E-state index contributed by atoms with van der Waals surface area (Å²) in [6.07, 6.45) is 5.79. The molecular formula is C24H28N4O2. The largest absolute Gasteiger partial charge is 0.478 e. The molecule has 0 aliphatic carbocycles. The van der Waals surface area contributed by atoms with Gasteiger partial charge < -0.3 is 10.1 Å². The first-order valence-corrected chi connectivity index (χ1v) is 10.6. The van der Waals surface area contributed by atoms with E-state index in [2.05, 4.69) is 26.3 Å². The van der Waals surface area contributed by atoms with Crippen LogP contribution >= 0.6 is 0 Å². The molecule has 1 fully saturated rings. The van der Waals surface area contributed by atoms with Crippen molar-refractivity contribution in [3.05, 3.63) is 66.0 Å². The first-order valence-electron chi connectivity index (χ1n) is 10.6. The number of ether oxygens (including phenoxy) is 1. The van der Waals surface area contributed by atoms with E-state index >= 15 is 0 Å². The van der Waals surface area contributed by atoms with Gasteiger partial charge in [0.2, 0.25) is 5.88 Å². The Balaban J connectivity index is 1.25. The van der Waals surface area contributed by atoms with Crippen molar-refractivity contribution in [1.82, 2.24) is 20.2 Å². The number of nitrogens with zero attached hydrogens (tertiary/aromatic N) is 3. The molecule has 4 rings (SSSR count). The number of piperidine rings is 1. The Labute approximate surface area is 177 Å². The first kappa shape index (κ1) is 20.3. The number of aromatic nitrogens is 2. The van der Waals surface area contributed by atoms with Gasteiger partial charge in [0, 0.05) is 36.9 Å². The van der Waals surface area contributed by atoms with E-state index in [1.165, 1.54) is 5.56 Å². The fourth-order valence-corrected chi connectivity index (χ4v) is 3.96. The summed E-state index contributed by atoms with van der Waals surface area (Å²) in [6, 6.07) is 13.6. The summed E-state index contributed by atoms with van der Waals surface area (Å²) in [5.41, 5.74) is 2.61. The van der Waals surface area contributed by atoms with Crippen molar-refractivity contribution in [2.45, 2.75) is 26.3 Å². The average molecular weight is 405 g/mol. The second kappa shape index (κ2) is 9.67. The second-order valence-electron chi connectivity index (χ2n) is 7.75. The van der Waals surface area contributed by atoms with Crippen LogP contribution < -0.4 is 10.1 Å². The van der Waals surface area contributed by atoms with E-state index < -0.39 is 0 Å². The Morgan fingerprint density at radius 1 is 1.13 bits per heavy atom. The lowest BCUT2D eigenvalue weighted by atomic mass is 9.96. The summed E-state index contributed by atoms with van der Waals surface area (Å²) in [4.78, 5) is 23.9. The highest BCUT2D eigenvalue weighted by Crippen LogP contribution is 2.20. The fourth-order valence-electron chi connectivity index (χ4n) is 3.96. The highest BCUT2D eigenvalue weighted by molar-refractivity contribution is 6.05. The summed E-state index contributed by atoms with van der Waals surface area (Å²) in [7, 11) is 0. The Kier molecular flexibility index (Phi) is 6.54. The second-order valence-corrected chi connectivity index (χ2v) is 7.75. The molecule has 1 aromatic carbocycles. The van der Waals surface area contributed by atoms with Gasteiger partial charge in [-0.3, -0.25) is 14.7 Å². The molecule has 2 aromatic heterocycles. The van der Waals surface area contributed by atoms with Crippen molar-refractivity contribution in [3.63, 3.8) is 0 Å². The van der Waals surface area contributed by atoms with Crippen molar-refractivity contribution in [3.8, 4) is 5.88 Å². The number of nitrogens with one attached hydrogen (secondary N) is 1. The van der Waals surface area contributed by atoms with Gasteiger partial charge in [0.1, 0.15) is 0 Å². The molecule has 3 aromatic rings. The molecule has 1 aliphatic heterocycles. The van der Waals surface area contributed by atoms with Gasteiger partial charge in [-0.1, -0.05) is 24.3 Å². The Morgan fingerprint density at radius 2 is 1.97 bits per heavy atom. The molecule has 0 spiro atoms. The quantitative estimate of drug-likeness (QED) is 0.651. The zero-order valence-electron chi connectivity index (χ0n) is 17.4. The van der Waals surface area contributed by atoms with E-state index in [0.29, 0.717) is 30.5 Å². The topological polar surface area (TPSA) is 67.3 Å². The minimum absolute atomic E-state index is 0.0396. The number of para-hydroxylation sites is 1. The van der Waals surface area contributed by atoms with Gasteiger partial charge in [-0.25, -0.2) is 4.98 Å². The summed E-state index contributed by atoms with van der Waals surface area (Å²) < 4.78 is 5.40. The number of hydrogen-bond acceptors (Lipinski definition) is 5. The van der Waals surface area contributed by atoms with E-state index in [1.807, 2.05) is 49.5 Å². The molecule has 3 heterocycles. The molecule has 6 heteroatoms. The summed E-state index contributed by atoms with van der Waals surface area (Å²) >= 11 is 0. The maximum absolute atomic E-state index is 12.7. The summed E-state index contributed by atoms with van der Waals surface area (Å²) in [5.74, 6) is 1.14. The molecule has 0 atom stereocenters. The van der Waals surface area contributed by atoms with Gasteiger partial charge in [0.15, 0.2) is 0 Å². The fraction of sp³-hybridized carbons (Fsp3) is 0.375. The van der Waals surface area contributed by atoms with Crippen LogP contribution in [0.4, 0.5) is 0 Å². The van der Waals surface area contributed by atoms with E-state index in [-0.39, 0.29) is 5.91 Å². The number of rotatable bonds is 7. The van der Waals surface area contributed by atoms with Gasteiger partial charge in [0.25, 0.3) is 5.91 Å². The first-order chi connectivity index (χ1) is 14.7. The van der Waals surface area contributed by atoms with Crippen LogP contribution in [-0.2, 0) is 6.54 Å². The lowest BCUT2D eigenvalue weighted by Crippen LogP contribution is -2.38. The number of pyridine rings is 2. The van der Waals surface area contributed by atoms with Crippen LogP contribution in [0, 0.1) is 5.92 Å². The zero-order chi connectivity index (χ0) is 20.8. The number of benzene rings is 1. The monoisotopic (exact) mass is 404 g/mol. The maximum Gasteiger partial charge on any atom is 0.253 e. The zero-order valence-corrected chi connectivity index (χ0v) is 17.4. The maximum atomic E-state index is 12.7. The summed E-state index contributed by atoms with van der Waals surface area (Å²) in [6.45, 7) is 6.27. The molecule has 0 bridgehead atoms. The minimum atomic E-state index is -0.0396. The molecule has 30 heavy (non-hydrogen) atoms. The van der Waals surface area contributed by atoms with Crippen LogP contribution in [0.2, 0.25) is 0 Å². The number of fused-ring (bicyclic) bond motifs is 1. The third kappa shape index (κ3) is 4.94. The molecule has 0 radical (unpaired) electrons. The van der Waals surface area contributed by atoms with Crippen molar-refractivity contribution in [2.75, 3.05) is 26.2 Å². The Bertz CT molecular complexity index is 977. The molecule has 0 unspecified atom stereocenters. The lowest BCUT2D eigenvalue weighted by Gasteiger charge is -2.32. The molecule has 0 saturated carbocycles. The third-order valence-electron chi connectivity index (χ3n) is 5.63. The molecule has 1 amide bonds. The van der Waals surface area contributed by atoms with Crippen molar-refractivity contribution in [1.29, 1.82) is 0 Å². The number of amides is 1. The average Bonchev–Trinajstić information content (AvgIpc) is 2.79.